The van der Waals surface area contributed by atoms with E-state index in [9.17, 15) is 9.59 Å². The number of nitrogens with one attached hydrogen (secondary N) is 4. The summed E-state index contributed by atoms with van der Waals surface area (Å²) in [6, 6.07) is 2.97. The second-order valence-corrected chi connectivity index (χ2v) is 4.40. The summed E-state index contributed by atoms with van der Waals surface area (Å²) in [5.74, 6) is -0.194. The van der Waals surface area contributed by atoms with Gasteiger partial charge in [-0.2, -0.15) is 0 Å². The zero-order valence-corrected chi connectivity index (χ0v) is 10.5. The lowest BCUT2D eigenvalue weighted by atomic mass is 10.2. The summed E-state index contributed by atoms with van der Waals surface area (Å²) in [4.78, 5) is 26.0. The molecular weight excluding hydrogens is 232 g/mol. The molecule has 0 aliphatic carbocycles. The van der Waals surface area contributed by atoms with E-state index >= 15 is 0 Å². The summed E-state index contributed by atoms with van der Waals surface area (Å²) in [6.07, 6.45) is 0. The van der Waals surface area contributed by atoms with Gasteiger partial charge < -0.3 is 15.4 Å². The van der Waals surface area contributed by atoms with E-state index in [1.807, 2.05) is 13.8 Å². The molecule has 0 saturated carbocycles. The maximum atomic E-state index is 12.0. The van der Waals surface area contributed by atoms with Crippen LogP contribution in [-0.2, 0) is 0 Å². The highest BCUT2D eigenvalue weighted by atomic mass is 16.2. The van der Waals surface area contributed by atoms with Crippen molar-refractivity contribution >= 4 is 5.91 Å². The third-order valence-electron chi connectivity index (χ3n) is 2.95. The van der Waals surface area contributed by atoms with Crippen LogP contribution in [0.5, 0.6) is 0 Å². The SMILES string of the molecule is Cc1cc(C(=O)NC(C)c2cc(=O)[nH][nH]2)[nH]c1C. The van der Waals surface area contributed by atoms with Crippen LogP contribution < -0.4 is 10.9 Å². The number of hydrogen-bond donors (Lipinski definition) is 4. The van der Waals surface area contributed by atoms with Crippen LogP contribution in [0, 0.1) is 13.8 Å². The van der Waals surface area contributed by atoms with Crippen LogP contribution in [-0.4, -0.2) is 21.1 Å². The van der Waals surface area contributed by atoms with Gasteiger partial charge in [-0.05, 0) is 32.4 Å². The van der Waals surface area contributed by atoms with Crippen molar-refractivity contribution in [3.63, 3.8) is 0 Å². The Morgan fingerprint density at radius 1 is 1.28 bits per heavy atom. The number of aryl methyl sites for hydroxylation is 2. The first-order valence-corrected chi connectivity index (χ1v) is 5.72. The molecule has 6 heteroatoms. The maximum Gasteiger partial charge on any atom is 0.268 e. The van der Waals surface area contributed by atoms with Crippen molar-refractivity contribution in [1.82, 2.24) is 20.5 Å². The molecule has 6 nitrogen and oxygen atoms in total. The lowest BCUT2D eigenvalue weighted by Gasteiger charge is -2.10. The summed E-state index contributed by atoms with van der Waals surface area (Å²) in [7, 11) is 0. The lowest BCUT2D eigenvalue weighted by molar-refractivity contribution is 0.0934. The van der Waals surface area contributed by atoms with Gasteiger partial charge in [-0.1, -0.05) is 0 Å². The fourth-order valence-corrected chi connectivity index (χ4v) is 1.72. The highest BCUT2D eigenvalue weighted by molar-refractivity contribution is 5.93. The van der Waals surface area contributed by atoms with Crippen LogP contribution in [0.2, 0.25) is 0 Å². The van der Waals surface area contributed by atoms with E-state index in [0.717, 1.165) is 11.3 Å². The monoisotopic (exact) mass is 248 g/mol. The van der Waals surface area contributed by atoms with Gasteiger partial charge in [0.25, 0.3) is 11.5 Å². The van der Waals surface area contributed by atoms with Crippen LogP contribution >= 0.6 is 0 Å². The van der Waals surface area contributed by atoms with Crippen molar-refractivity contribution in [3.8, 4) is 0 Å². The Hall–Kier alpha value is -2.24. The van der Waals surface area contributed by atoms with E-state index in [0.29, 0.717) is 11.4 Å². The number of carbonyl (C=O) groups is 1. The van der Waals surface area contributed by atoms with Crippen LogP contribution in [0.1, 0.15) is 40.4 Å². The van der Waals surface area contributed by atoms with Crippen molar-refractivity contribution in [1.29, 1.82) is 0 Å². The van der Waals surface area contributed by atoms with Crippen molar-refractivity contribution in [2.24, 2.45) is 0 Å². The quantitative estimate of drug-likeness (QED) is 0.655. The van der Waals surface area contributed by atoms with E-state index in [2.05, 4.69) is 20.5 Å². The van der Waals surface area contributed by atoms with Gasteiger partial charge in [0.05, 0.1) is 11.7 Å². The first-order valence-electron chi connectivity index (χ1n) is 5.72. The van der Waals surface area contributed by atoms with Gasteiger partial charge >= 0.3 is 0 Å². The Kier molecular flexibility index (Phi) is 3.10. The highest BCUT2D eigenvalue weighted by Gasteiger charge is 2.14. The molecule has 1 amide bonds. The van der Waals surface area contributed by atoms with Gasteiger partial charge in [-0.15, -0.1) is 0 Å². The molecule has 18 heavy (non-hydrogen) atoms. The minimum atomic E-state index is -0.264. The molecular formula is C12H16N4O2. The van der Waals surface area contributed by atoms with E-state index in [4.69, 9.17) is 0 Å². The average Bonchev–Trinajstić information content (AvgIpc) is 2.86. The van der Waals surface area contributed by atoms with Gasteiger partial charge in [0.1, 0.15) is 5.69 Å². The summed E-state index contributed by atoms with van der Waals surface area (Å²) < 4.78 is 0. The fourth-order valence-electron chi connectivity index (χ4n) is 1.72. The molecule has 2 heterocycles. The van der Waals surface area contributed by atoms with Gasteiger partial charge in [0.15, 0.2) is 0 Å². The zero-order chi connectivity index (χ0) is 13.3. The number of hydrogen-bond acceptors (Lipinski definition) is 2. The molecule has 0 aliphatic rings. The number of amides is 1. The molecule has 1 atom stereocenters. The average molecular weight is 248 g/mol. The molecule has 4 N–H and O–H groups in total. The fraction of sp³-hybridized carbons (Fsp3) is 0.333. The second kappa shape index (κ2) is 4.56. The first-order chi connectivity index (χ1) is 8.47. The standard InChI is InChI=1S/C12H16N4O2/c1-6-4-10(13-7(6)2)12(18)14-8(3)9-5-11(17)16-15-9/h4-5,8,13H,1-3H3,(H,14,18)(H2,15,16,17). The molecule has 2 aromatic heterocycles. The van der Waals surface area contributed by atoms with Crippen molar-refractivity contribution in [2.45, 2.75) is 26.8 Å². The molecule has 0 radical (unpaired) electrons. The summed E-state index contributed by atoms with van der Waals surface area (Å²) in [5.41, 5.74) is 2.98. The molecule has 0 bridgehead atoms. The Morgan fingerprint density at radius 3 is 2.50 bits per heavy atom. The van der Waals surface area contributed by atoms with Crippen molar-refractivity contribution in [2.75, 3.05) is 0 Å². The van der Waals surface area contributed by atoms with Gasteiger partial charge in [0.2, 0.25) is 0 Å². The minimum Gasteiger partial charge on any atom is -0.354 e. The number of aromatic amines is 3. The zero-order valence-electron chi connectivity index (χ0n) is 10.5. The Balaban J connectivity index is 2.10. The predicted octanol–water partition coefficient (Wildman–Crippen LogP) is 1.14. The maximum absolute atomic E-state index is 12.0. The van der Waals surface area contributed by atoms with Crippen molar-refractivity contribution in [3.05, 3.63) is 45.1 Å². The molecule has 0 aliphatic heterocycles. The van der Waals surface area contributed by atoms with Crippen LogP contribution in [0.25, 0.3) is 0 Å². The van der Waals surface area contributed by atoms with E-state index in [1.165, 1.54) is 6.07 Å². The van der Waals surface area contributed by atoms with Gasteiger partial charge in [-0.25, -0.2) is 0 Å². The van der Waals surface area contributed by atoms with E-state index in [1.54, 1.807) is 13.0 Å². The topological polar surface area (TPSA) is 93.5 Å². The highest BCUT2D eigenvalue weighted by Crippen LogP contribution is 2.11. The summed E-state index contributed by atoms with van der Waals surface area (Å²) in [6.45, 7) is 5.66. The number of H-pyrrole nitrogens is 3. The number of rotatable bonds is 3. The molecule has 0 fully saturated rings. The second-order valence-electron chi connectivity index (χ2n) is 4.40. The van der Waals surface area contributed by atoms with Crippen molar-refractivity contribution < 1.29 is 4.79 Å². The van der Waals surface area contributed by atoms with E-state index in [-0.39, 0.29) is 17.5 Å². The minimum absolute atomic E-state index is 0.194. The Bertz CT molecular complexity index is 601. The largest absolute Gasteiger partial charge is 0.354 e. The lowest BCUT2D eigenvalue weighted by Crippen LogP contribution is -2.27. The predicted molar refractivity (Wildman–Crippen MR) is 67.6 cm³/mol. The smallest absolute Gasteiger partial charge is 0.268 e. The molecule has 0 saturated heterocycles. The van der Waals surface area contributed by atoms with E-state index < -0.39 is 0 Å². The van der Waals surface area contributed by atoms with Gasteiger partial charge in [-0.3, -0.25) is 14.7 Å². The number of aromatic nitrogens is 3. The Morgan fingerprint density at radius 2 is 2.00 bits per heavy atom. The normalized spacial score (nSPS) is 12.4. The molecule has 2 rings (SSSR count). The number of carbonyl (C=O) groups excluding carboxylic acids is 1. The van der Waals surface area contributed by atoms with Crippen LogP contribution in [0.4, 0.5) is 0 Å². The van der Waals surface area contributed by atoms with Crippen LogP contribution in [0.15, 0.2) is 16.9 Å². The molecule has 0 aromatic carbocycles. The third-order valence-corrected chi connectivity index (χ3v) is 2.95. The van der Waals surface area contributed by atoms with Gasteiger partial charge in [0, 0.05) is 11.8 Å². The molecule has 1 unspecified atom stereocenters. The Labute approximate surface area is 104 Å². The molecule has 96 valence electrons. The van der Waals surface area contributed by atoms with Crippen LogP contribution in [0.3, 0.4) is 0 Å². The molecule has 2 aromatic rings. The summed E-state index contributed by atoms with van der Waals surface area (Å²) in [5, 5.41) is 7.96. The molecule has 0 spiro atoms. The first kappa shape index (κ1) is 12.2. The summed E-state index contributed by atoms with van der Waals surface area (Å²) >= 11 is 0. The third kappa shape index (κ3) is 2.37.